The number of amidine groups is 1. The van der Waals surface area contributed by atoms with Gasteiger partial charge in [-0.1, -0.05) is 12.1 Å². The van der Waals surface area contributed by atoms with Gasteiger partial charge in [-0.3, -0.25) is 14.5 Å². The van der Waals surface area contributed by atoms with E-state index in [1.807, 2.05) is 43.3 Å². The van der Waals surface area contributed by atoms with Crippen LogP contribution in [0.25, 0.3) is 6.08 Å². The summed E-state index contributed by atoms with van der Waals surface area (Å²) in [6.07, 6.45) is 3.85. The summed E-state index contributed by atoms with van der Waals surface area (Å²) < 4.78 is 17.4. The molecule has 1 aromatic carbocycles. The molecule has 1 aliphatic heterocycles. The van der Waals surface area contributed by atoms with Gasteiger partial charge >= 0.3 is 18.0 Å². The van der Waals surface area contributed by atoms with Crippen LogP contribution in [0, 0.1) is 0 Å². The van der Waals surface area contributed by atoms with E-state index >= 15 is 0 Å². The molecule has 1 N–H and O–H groups in total. The number of hydrogen-bond acceptors (Lipinski definition) is 10. The maximum atomic E-state index is 13.3. The Labute approximate surface area is 264 Å². The molecule has 3 rings (SSSR count). The second-order valence-corrected chi connectivity index (χ2v) is 12.9. The van der Waals surface area contributed by atoms with E-state index in [2.05, 4.69) is 15.3 Å². The van der Waals surface area contributed by atoms with Gasteiger partial charge in [0, 0.05) is 39.4 Å². The summed E-state index contributed by atoms with van der Waals surface area (Å²) in [4.78, 5) is 63.7. The van der Waals surface area contributed by atoms with Gasteiger partial charge in [-0.2, -0.15) is 0 Å². The first-order chi connectivity index (χ1) is 20.9. The molecule has 244 valence electrons. The summed E-state index contributed by atoms with van der Waals surface area (Å²) in [5.41, 5.74) is 0.941. The van der Waals surface area contributed by atoms with Crippen molar-refractivity contribution in [2.45, 2.75) is 77.7 Å². The number of hydrogen-bond donors (Lipinski definition) is 1. The number of carbonyl (C=O) groups excluding carboxylic acids is 4. The molecule has 45 heavy (non-hydrogen) atoms. The van der Waals surface area contributed by atoms with Crippen LogP contribution in [-0.2, 0) is 35.0 Å². The van der Waals surface area contributed by atoms with Crippen molar-refractivity contribution in [2.75, 3.05) is 33.2 Å². The highest BCUT2D eigenvalue weighted by Gasteiger charge is 2.36. The quantitative estimate of drug-likeness (QED) is 0.237. The van der Waals surface area contributed by atoms with Crippen molar-refractivity contribution in [2.24, 2.45) is 4.99 Å². The van der Waals surface area contributed by atoms with Crippen LogP contribution in [0.5, 0.6) is 0 Å². The summed E-state index contributed by atoms with van der Waals surface area (Å²) in [6, 6.07) is 5.82. The molecule has 0 aliphatic carbocycles. The van der Waals surface area contributed by atoms with Gasteiger partial charge in [-0.25, -0.2) is 19.6 Å². The Bertz CT molecular complexity index is 1460. The first kappa shape index (κ1) is 34.8. The van der Waals surface area contributed by atoms with Gasteiger partial charge in [-0.15, -0.1) is 0 Å². The summed E-state index contributed by atoms with van der Waals surface area (Å²) in [7, 11) is 6.70. The zero-order chi connectivity index (χ0) is 33.7. The van der Waals surface area contributed by atoms with Gasteiger partial charge in [0.2, 0.25) is 0 Å². The lowest BCUT2D eigenvalue weighted by molar-refractivity contribution is -0.155. The Kier molecular flexibility index (Phi) is 10.8. The van der Waals surface area contributed by atoms with Crippen molar-refractivity contribution in [3.8, 4) is 0 Å². The smallest absolute Gasteiger partial charge is 0.408 e. The molecular weight excluding hydrogens is 580 g/mol. The molecule has 0 radical (unpaired) electrons. The minimum Gasteiger partial charge on any atom is -0.467 e. The van der Waals surface area contributed by atoms with Crippen LogP contribution < -0.4 is 10.2 Å². The van der Waals surface area contributed by atoms with Crippen molar-refractivity contribution in [3.63, 3.8) is 0 Å². The standard InChI is InChI=1S/C32H44N6O7/c1-31(2,3)44-26(39)17-25(27-34-23(28(40)37(27)9)15-20-11-13-22(14-12-20)36(7)8)38-18-21(33-19-38)16-24(29(41)43-10)35-30(42)45-32(4,5)6/h11-15,18-19,24-25H,16-17H2,1-10H3,(H,35,42)/b23-15-. The number of rotatable bonds is 10. The van der Waals surface area contributed by atoms with Crippen LogP contribution in [0.1, 0.15) is 65.3 Å². The predicted molar refractivity (Wildman–Crippen MR) is 170 cm³/mol. The average Bonchev–Trinajstić information content (AvgIpc) is 3.49. The Balaban J connectivity index is 1.95. The fourth-order valence-corrected chi connectivity index (χ4v) is 4.46. The number of aromatic nitrogens is 2. The zero-order valence-electron chi connectivity index (χ0n) is 27.7. The second-order valence-electron chi connectivity index (χ2n) is 12.9. The van der Waals surface area contributed by atoms with E-state index in [9.17, 15) is 19.2 Å². The van der Waals surface area contributed by atoms with Crippen LogP contribution >= 0.6 is 0 Å². The SMILES string of the molecule is COC(=O)C(Cc1cn(C(CC(=O)OC(C)(C)C)C2=N/C(=C\c3ccc(N(C)C)cc3)C(=O)N2C)cn1)NC(=O)OC(C)(C)C. The lowest BCUT2D eigenvalue weighted by Gasteiger charge is -2.25. The van der Waals surface area contributed by atoms with Crippen LogP contribution in [-0.4, -0.2) is 89.7 Å². The summed E-state index contributed by atoms with van der Waals surface area (Å²) >= 11 is 0. The van der Waals surface area contributed by atoms with Gasteiger partial charge in [0.15, 0.2) is 0 Å². The molecule has 0 fully saturated rings. The highest BCUT2D eigenvalue weighted by atomic mass is 16.6. The van der Waals surface area contributed by atoms with E-state index in [1.165, 1.54) is 18.3 Å². The van der Waals surface area contributed by atoms with Crippen LogP contribution in [0.2, 0.25) is 0 Å². The monoisotopic (exact) mass is 624 g/mol. The molecule has 0 bridgehead atoms. The number of methoxy groups -OCH3 is 1. The first-order valence-corrected chi connectivity index (χ1v) is 14.5. The van der Waals surface area contributed by atoms with Gasteiger partial charge in [-0.05, 0) is 65.3 Å². The average molecular weight is 625 g/mol. The largest absolute Gasteiger partial charge is 0.467 e. The molecule has 0 saturated carbocycles. The number of aliphatic imine (C=N–C) groups is 1. The Hall–Kier alpha value is -4.68. The second kappa shape index (κ2) is 14.0. The normalized spacial score (nSPS) is 15.8. The van der Waals surface area contributed by atoms with Crippen molar-refractivity contribution in [1.29, 1.82) is 0 Å². The Morgan fingerprint density at radius 3 is 2.20 bits per heavy atom. The van der Waals surface area contributed by atoms with Gasteiger partial charge in [0.05, 0.1) is 25.6 Å². The molecule has 2 amide bonds. The van der Waals surface area contributed by atoms with Gasteiger partial charge in [0.1, 0.15) is 34.8 Å². The molecule has 0 spiro atoms. The molecule has 2 aromatic rings. The van der Waals surface area contributed by atoms with Crippen molar-refractivity contribution >= 4 is 41.5 Å². The third-order valence-electron chi connectivity index (χ3n) is 6.50. The van der Waals surface area contributed by atoms with Crippen LogP contribution in [0.4, 0.5) is 10.5 Å². The molecule has 0 saturated heterocycles. The highest BCUT2D eigenvalue weighted by molar-refractivity contribution is 6.15. The number of ether oxygens (including phenoxy) is 3. The number of imidazole rings is 1. The van der Waals surface area contributed by atoms with Crippen molar-refractivity contribution < 1.29 is 33.4 Å². The summed E-state index contributed by atoms with van der Waals surface area (Å²) in [6.45, 7) is 10.4. The minimum absolute atomic E-state index is 0.0204. The van der Waals surface area contributed by atoms with E-state index in [-0.39, 0.29) is 24.4 Å². The van der Waals surface area contributed by atoms with Crippen LogP contribution in [0.3, 0.4) is 0 Å². The van der Waals surface area contributed by atoms with Gasteiger partial charge in [0.25, 0.3) is 5.91 Å². The Morgan fingerprint density at radius 2 is 1.64 bits per heavy atom. The lowest BCUT2D eigenvalue weighted by atomic mass is 10.1. The summed E-state index contributed by atoms with van der Waals surface area (Å²) in [5, 5.41) is 2.53. The predicted octanol–water partition coefficient (Wildman–Crippen LogP) is 3.74. The molecular formula is C32H44N6O7. The summed E-state index contributed by atoms with van der Waals surface area (Å²) in [5.74, 6) is -1.19. The topological polar surface area (TPSA) is 145 Å². The number of nitrogens with one attached hydrogen (secondary N) is 1. The van der Waals surface area contributed by atoms with E-state index in [1.54, 1.807) is 65.4 Å². The molecule has 1 aliphatic rings. The molecule has 13 heteroatoms. The molecule has 1 aromatic heterocycles. The van der Waals surface area contributed by atoms with E-state index in [0.717, 1.165) is 11.3 Å². The third-order valence-corrected chi connectivity index (χ3v) is 6.50. The number of esters is 2. The maximum absolute atomic E-state index is 13.3. The number of likely N-dealkylation sites (N-methyl/N-ethyl adjacent to an activating group) is 1. The van der Waals surface area contributed by atoms with Crippen molar-refractivity contribution in [1.82, 2.24) is 19.8 Å². The van der Waals surface area contributed by atoms with Gasteiger partial charge < -0.3 is 29.0 Å². The molecule has 2 heterocycles. The fourth-order valence-electron chi connectivity index (χ4n) is 4.46. The van der Waals surface area contributed by atoms with Crippen LogP contribution in [0.15, 0.2) is 47.5 Å². The van der Waals surface area contributed by atoms with E-state index in [0.29, 0.717) is 11.5 Å². The number of alkyl carbamates (subject to hydrolysis) is 1. The maximum Gasteiger partial charge on any atom is 0.408 e. The molecule has 13 nitrogen and oxygen atoms in total. The number of amides is 2. The number of nitrogens with zero attached hydrogens (tertiary/aromatic N) is 5. The first-order valence-electron chi connectivity index (χ1n) is 14.5. The minimum atomic E-state index is -1.08. The molecule has 2 atom stereocenters. The number of anilines is 1. The van der Waals surface area contributed by atoms with E-state index in [4.69, 9.17) is 14.2 Å². The lowest BCUT2D eigenvalue weighted by Crippen LogP contribution is -2.45. The Morgan fingerprint density at radius 1 is 1.02 bits per heavy atom. The number of carbonyl (C=O) groups is 4. The highest BCUT2D eigenvalue weighted by Crippen LogP contribution is 2.27. The zero-order valence-corrected chi connectivity index (χ0v) is 27.7. The third kappa shape index (κ3) is 9.91. The van der Waals surface area contributed by atoms with Crippen molar-refractivity contribution in [3.05, 3.63) is 53.7 Å². The number of benzene rings is 1. The molecule has 2 unspecified atom stereocenters. The fraction of sp³-hybridized carbons (Fsp3) is 0.500. The van der Waals surface area contributed by atoms with E-state index < -0.39 is 41.3 Å².